The van der Waals surface area contributed by atoms with Gasteiger partial charge in [-0.1, -0.05) is 36.4 Å². The van der Waals surface area contributed by atoms with Crippen LogP contribution in [0.25, 0.3) is 0 Å². The summed E-state index contributed by atoms with van der Waals surface area (Å²) in [6.07, 6.45) is -4.38. The third-order valence-corrected chi connectivity index (χ3v) is 8.27. The maximum atomic E-state index is 14.2. The molecule has 1 aromatic heterocycles. The molecule has 1 fully saturated rings. The Labute approximate surface area is 278 Å². The fraction of sp³-hybridized carbons (Fsp3) is 0.529. The molecule has 0 saturated carbocycles. The normalized spacial score (nSPS) is 18.9. The van der Waals surface area contributed by atoms with Crippen molar-refractivity contribution >= 4 is 29.5 Å². The lowest BCUT2D eigenvalue weighted by Gasteiger charge is -2.41. The molecule has 2 aliphatic rings. The van der Waals surface area contributed by atoms with Crippen LogP contribution in [0.5, 0.6) is 0 Å². The van der Waals surface area contributed by atoms with Crippen molar-refractivity contribution < 1.29 is 37.1 Å². The summed E-state index contributed by atoms with van der Waals surface area (Å²) in [5.74, 6) is -1.36. The molecule has 0 bridgehead atoms. The predicted molar refractivity (Wildman–Crippen MR) is 172 cm³/mol. The second kappa shape index (κ2) is 13.9. The van der Waals surface area contributed by atoms with Gasteiger partial charge in [0.15, 0.2) is 0 Å². The molecule has 2 aromatic rings. The molecule has 0 spiro atoms. The fourth-order valence-electron chi connectivity index (χ4n) is 5.91. The molecule has 1 saturated heterocycles. The molecule has 0 aliphatic carbocycles. The second-order valence-electron chi connectivity index (χ2n) is 13.8. The van der Waals surface area contributed by atoms with Crippen molar-refractivity contribution in [1.29, 1.82) is 0 Å². The molecule has 3 heterocycles. The molecule has 0 radical (unpaired) electrons. The van der Waals surface area contributed by atoms with E-state index in [1.165, 1.54) is 31.0 Å². The molecule has 2 atom stereocenters. The van der Waals surface area contributed by atoms with E-state index in [4.69, 9.17) is 4.74 Å². The first kappa shape index (κ1) is 36.3. The maximum Gasteiger partial charge on any atom is 0.433 e. The number of hydrazone groups is 1. The number of alkyl halides is 3. The summed E-state index contributed by atoms with van der Waals surface area (Å²) in [5, 5.41) is 11.1. The number of halogens is 3. The Hall–Kier alpha value is -4.49. The number of nitrogens with one attached hydrogen (secondary N) is 2. The van der Waals surface area contributed by atoms with Gasteiger partial charge in [0, 0.05) is 32.3 Å². The number of alkyl carbamates (subject to hydrolysis) is 1. The zero-order valence-corrected chi connectivity index (χ0v) is 28.1. The second-order valence-corrected chi connectivity index (χ2v) is 13.8. The number of piperidine rings is 1. The third-order valence-electron chi connectivity index (χ3n) is 8.27. The minimum Gasteiger partial charge on any atom is -0.444 e. The highest BCUT2D eigenvalue weighted by Gasteiger charge is 2.54. The van der Waals surface area contributed by atoms with E-state index < -0.39 is 52.4 Å². The standard InChI is InChI=1S/C34H43F3N6O5/c1-31(2,3)48-30(47)40-32(4,5)28(45)39-24(16-10-14-23-15-11-17-26(38-23)34(35,36)37)27(44)43-19-18-25-33(21-43,29(46)42(6)41-25)20-22-12-8-7-9-13-22/h7-9,11-13,15,17,24H,10,14,16,18-21H2,1-6H3,(H,39,45)(H,40,47)/t24-,33-/m1/s1. The molecular formula is C34H43F3N6O5. The van der Waals surface area contributed by atoms with Crippen molar-refractivity contribution in [3.8, 4) is 0 Å². The van der Waals surface area contributed by atoms with Crippen LogP contribution >= 0.6 is 0 Å². The van der Waals surface area contributed by atoms with Gasteiger partial charge in [-0.2, -0.15) is 18.3 Å². The van der Waals surface area contributed by atoms with E-state index in [2.05, 4.69) is 20.7 Å². The van der Waals surface area contributed by atoms with Crippen LogP contribution < -0.4 is 10.6 Å². The molecule has 11 nitrogen and oxygen atoms in total. The monoisotopic (exact) mass is 672 g/mol. The first-order valence-corrected chi connectivity index (χ1v) is 15.8. The minimum absolute atomic E-state index is 0.0316. The van der Waals surface area contributed by atoms with Crippen molar-refractivity contribution in [2.75, 3.05) is 20.1 Å². The fourth-order valence-corrected chi connectivity index (χ4v) is 5.91. The average Bonchev–Trinajstić information content (AvgIpc) is 3.23. The molecule has 2 N–H and O–H groups in total. The Bertz CT molecular complexity index is 1560. The number of hydrogen-bond donors (Lipinski definition) is 2. The zero-order chi connectivity index (χ0) is 35.5. The van der Waals surface area contributed by atoms with Crippen molar-refractivity contribution in [3.63, 3.8) is 0 Å². The van der Waals surface area contributed by atoms with E-state index in [0.29, 0.717) is 18.6 Å². The molecule has 1 aromatic carbocycles. The Morgan fingerprint density at radius 1 is 1.02 bits per heavy atom. The number of ether oxygens (including phenoxy) is 1. The zero-order valence-electron chi connectivity index (χ0n) is 28.1. The molecule has 4 amide bonds. The summed E-state index contributed by atoms with van der Waals surface area (Å²) in [7, 11) is 1.58. The van der Waals surface area contributed by atoms with Gasteiger partial charge in [0.1, 0.15) is 28.3 Å². The molecule has 4 rings (SSSR count). The largest absolute Gasteiger partial charge is 0.444 e. The van der Waals surface area contributed by atoms with Gasteiger partial charge in [-0.05, 0) is 78.0 Å². The molecule has 260 valence electrons. The Balaban J connectivity index is 1.56. The van der Waals surface area contributed by atoms with Gasteiger partial charge in [0.05, 0.1) is 5.71 Å². The topological polar surface area (TPSA) is 133 Å². The minimum atomic E-state index is -4.60. The number of carbonyl (C=O) groups excluding carboxylic acids is 4. The lowest BCUT2D eigenvalue weighted by atomic mass is 9.73. The summed E-state index contributed by atoms with van der Waals surface area (Å²) < 4.78 is 45.0. The van der Waals surface area contributed by atoms with Crippen LogP contribution in [0.1, 0.15) is 70.8 Å². The van der Waals surface area contributed by atoms with Crippen LogP contribution in [0.4, 0.5) is 18.0 Å². The van der Waals surface area contributed by atoms with Crippen molar-refractivity contribution in [1.82, 2.24) is 25.5 Å². The number of fused-ring (bicyclic) bond motifs is 1. The smallest absolute Gasteiger partial charge is 0.433 e. The van der Waals surface area contributed by atoms with Crippen LogP contribution in [0.15, 0.2) is 53.6 Å². The van der Waals surface area contributed by atoms with Crippen LogP contribution in [0, 0.1) is 5.41 Å². The highest BCUT2D eigenvalue weighted by molar-refractivity contribution is 6.13. The van der Waals surface area contributed by atoms with E-state index in [1.54, 1.807) is 32.7 Å². The van der Waals surface area contributed by atoms with Gasteiger partial charge in [-0.25, -0.2) is 14.8 Å². The molecule has 2 aliphatic heterocycles. The van der Waals surface area contributed by atoms with Crippen molar-refractivity contribution in [2.45, 2.75) is 90.1 Å². The average molecular weight is 673 g/mol. The van der Waals surface area contributed by atoms with Crippen molar-refractivity contribution in [2.24, 2.45) is 10.5 Å². The number of likely N-dealkylation sites (tertiary alicyclic amines) is 1. The molecule has 14 heteroatoms. The summed E-state index contributed by atoms with van der Waals surface area (Å²) in [6.45, 7) is 8.25. The molecule has 0 unspecified atom stereocenters. The summed E-state index contributed by atoms with van der Waals surface area (Å²) in [4.78, 5) is 59.2. The van der Waals surface area contributed by atoms with Crippen molar-refractivity contribution in [3.05, 3.63) is 65.5 Å². The van der Waals surface area contributed by atoms with Crippen LogP contribution in [0.3, 0.4) is 0 Å². The number of nitrogens with zero attached hydrogens (tertiary/aromatic N) is 4. The first-order valence-electron chi connectivity index (χ1n) is 15.8. The van der Waals surface area contributed by atoms with Crippen LogP contribution in [-0.2, 0) is 38.1 Å². The number of aryl methyl sites for hydroxylation is 1. The Morgan fingerprint density at radius 3 is 2.35 bits per heavy atom. The number of carbonyl (C=O) groups is 4. The number of pyridine rings is 1. The lowest BCUT2D eigenvalue weighted by molar-refractivity contribution is -0.143. The summed E-state index contributed by atoms with van der Waals surface area (Å²) in [5.41, 5.74) is -2.64. The van der Waals surface area contributed by atoms with Crippen LogP contribution in [0.2, 0.25) is 0 Å². The Morgan fingerprint density at radius 2 is 1.71 bits per heavy atom. The highest BCUT2D eigenvalue weighted by atomic mass is 19.4. The van der Waals surface area contributed by atoms with Gasteiger partial charge in [0.2, 0.25) is 11.8 Å². The summed E-state index contributed by atoms with van der Waals surface area (Å²) >= 11 is 0. The van der Waals surface area contributed by atoms with Gasteiger partial charge in [-0.15, -0.1) is 0 Å². The van der Waals surface area contributed by atoms with Gasteiger partial charge in [-0.3, -0.25) is 14.4 Å². The number of hydrogen-bond acceptors (Lipinski definition) is 7. The molecule has 48 heavy (non-hydrogen) atoms. The number of aromatic nitrogens is 1. The van der Waals surface area contributed by atoms with Gasteiger partial charge in [0.25, 0.3) is 5.91 Å². The lowest BCUT2D eigenvalue weighted by Crippen LogP contribution is -2.62. The molecular weight excluding hydrogens is 629 g/mol. The summed E-state index contributed by atoms with van der Waals surface area (Å²) in [6, 6.07) is 11.9. The highest BCUT2D eigenvalue weighted by Crippen LogP contribution is 2.38. The van der Waals surface area contributed by atoms with E-state index in [1.807, 2.05) is 30.3 Å². The SMILES string of the molecule is CN1N=C2CCN(C(=O)[C@@H](CCCc3cccc(C(F)(F)F)n3)NC(=O)C(C)(C)NC(=O)OC(C)(C)C)C[C@@]2(Cc2ccccc2)C1=O. The van der Waals surface area contributed by atoms with E-state index in [9.17, 15) is 32.3 Å². The third kappa shape index (κ3) is 8.70. The van der Waals surface area contributed by atoms with E-state index in [-0.39, 0.29) is 44.0 Å². The van der Waals surface area contributed by atoms with E-state index >= 15 is 0 Å². The number of rotatable bonds is 10. The maximum absolute atomic E-state index is 14.2. The van der Waals surface area contributed by atoms with Gasteiger partial charge >= 0.3 is 12.3 Å². The van der Waals surface area contributed by atoms with Crippen LogP contribution in [-0.4, -0.2) is 81.7 Å². The first-order chi connectivity index (χ1) is 22.3. The van der Waals surface area contributed by atoms with Gasteiger partial charge < -0.3 is 20.3 Å². The Kier molecular flexibility index (Phi) is 10.5. The number of amides is 4. The number of benzene rings is 1. The predicted octanol–water partition coefficient (Wildman–Crippen LogP) is 4.50. The quantitative estimate of drug-likeness (QED) is 0.382. The van der Waals surface area contributed by atoms with E-state index in [0.717, 1.165) is 11.6 Å².